The van der Waals surface area contributed by atoms with E-state index in [1.165, 1.54) is 0 Å². The average Bonchev–Trinajstić information content (AvgIpc) is 2.45. The van der Waals surface area contributed by atoms with Crippen molar-refractivity contribution in [3.05, 3.63) is 29.8 Å². The van der Waals surface area contributed by atoms with E-state index < -0.39 is 9.84 Å². The first kappa shape index (κ1) is 17.1. The summed E-state index contributed by atoms with van der Waals surface area (Å²) in [7, 11) is -1.34. The monoisotopic (exact) mass is 300 g/mol. The van der Waals surface area contributed by atoms with Crippen molar-refractivity contribution < 1.29 is 13.2 Å². The molecule has 0 spiro atoms. The van der Waals surface area contributed by atoms with Gasteiger partial charge in [0.25, 0.3) is 0 Å². The van der Waals surface area contributed by atoms with Crippen molar-refractivity contribution in [3.63, 3.8) is 0 Å². The van der Waals surface area contributed by atoms with Gasteiger partial charge in [0.05, 0.1) is 17.3 Å². The molecule has 20 heavy (non-hydrogen) atoms. The summed E-state index contributed by atoms with van der Waals surface area (Å²) >= 11 is 0. The molecular weight excluding hydrogens is 276 g/mol. The minimum atomic E-state index is -3.23. The lowest BCUT2D eigenvalue weighted by Crippen LogP contribution is -2.29. The van der Waals surface area contributed by atoms with Crippen LogP contribution in [0.2, 0.25) is 0 Å². The van der Waals surface area contributed by atoms with Crippen molar-refractivity contribution in [1.82, 2.24) is 4.90 Å². The number of nitrogens with two attached hydrogens (primary N) is 1. The molecule has 0 aliphatic carbocycles. The number of sulfone groups is 1. The summed E-state index contributed by atoms with van der Waals surface area (Å²) in [6, 6.07) is 6.76. The first-order chi connectivity index (χ1) is 9.49. The van der Waals surface area contributed by atoms with Gasteiger partial charge in [-0.05, 0) is 31.7 Å². The Morgan fingerprint density at radius 1 is 1.20 bits per heavy atom. The molecule has 0 unspecified atom stereocenters. The number of benzene rings is 1. The normalized spacial score (nSPS) is 12.0. The molecular formula is C14H24N2O3S. The lowest BCUT2D eigenvalue weighted by molar-refractivity contribution is 0.124. The minimum Gasteiger partial charge on any atom is -0.380 e. The summed E-state index contributed by atoms with van der Waals surface area (Å²) in [5, 5.41) is 0. The zero-order valence-electron chi connectivity index (χ0n) is 12.2. The molecule has 0 aromatic heterocycles. The third-order valence-corrected chi connectivity index (χ3v) is 4.79. The smallest absolute Gasteiger partial charge is 0.179 e. The average molecular weight is 300 g/mol. The molecule has 0 fully saturated rings. The highest BCUT2D eigenvalue weighted by atomic mass is 32.2. The van der Waals surface area contributed by atoms with E-state index in [-0.39, 0.29) is 5.75 Å². The second-order valence-electron chi connectivity index (χ2n) is 4.67. The van der Waals surface area contributed by atoms with E-state index in [2.05, 4.69) is 0 Å². The van der Waals surface area contributed by atoms with Gasteiger partial charge in [0.2, 0.25) is 0 Å². The molecule has 0 aliphatic rings. The topological polar surface area (TPSA) is 72.6 Å². The van der Waals surface area contributed by atoms with Crippen LogP contribution in [0.5, 0.6) is 0 Å². The second-order valence-corrected chi connectivity index (χ2v) is 6.78. The highest BCUT2D eigenvalue weighted by molar-refractivity contribution is 7.91. The maximum atomic E-state index is 12.2. The van der Waals surface area contributed by atoms with Crippen LogP contribution in [0.4, 0.5) is 0 Å². The molecule has 0 amide bonds. The van der Waals surface area contributed by atoms with Crippen LogP contribution in [0, 0.1) is 0 Å². The van der Waals surface area contributed by atoms with Crippen molar-refractivity contribution >= 4 is 9.84 Å². The maximum Gasteiger partial charge on any atom is 0.179 e. The predicted molar refractivity (Wildman–Crippen MR) is 80.4 cm³/mol. The summed E-state index contributed by atoms with van der Waals surface area (Å²) in [6.45, 7) is 4.89. The van der Waals surface area contributed by atoms with Crippen LogP contribution in [0.1, 0.15) is 12.5 Å². The fraction of sp³-hybridized carbons (Fsp3) is 0.571. The summed E-state index contributed by atoms with van der Waals surface area (Å²) in [5.74, 6) is 0.109. The van der Waals surface area contributed by atoms with Gasteiger partial charge in [0.1, 0.15) is 0 Å². The quantitative estimate of drug-likeness (QED) is 0.686. The summed E-state index contributed by atoms with van der Waals surface area (Å²) in [4.78, 5) is 2.31. The van der Waals surface area contributed by atoms with Crippen molar-refractivity contribution in [2.45, 2.75) is 18.4 Å². The SMILES string of the molecule is CCOCCN(C)CCS(=O)(=O)c1ccc(CN)cc1. The molecule has 0 saturated carbocycles. The van der Waals surface area contributed by atoms with Crippen molar-refractivity contribution in [2.75, 3.05) is 39.1 Å². The van der Waals surface area contributed by atoms with Gasteiger partial charge in [-0.1, -0.05) is 12.1 Å². The number of hydrogen-bond acceptors (Lipinski definition) is 5. The first-order valence-electron chi connectivity index (χ1n) is 6.77. The lowest BCUT2D eigenvalue weighted by Gasteiger charge is -2.16. The minimum absolute atomic E-state index is 0.109. The number of likely N-dealkylation sites (N-methyl/N-ethyl adjacent to an activating group) is 1. The third kappa shape index (κ3) is 5.58. The molecule has 2 N–H and O–H groups in total. The summed E-state index contributed by atoms with van der Waals surface area (Å²) < 4.78 is 29.6. The van der Waals surface area contributed by atoms with Crippen LogP contribution in [0.3, 0.4) is 0 Å². The fourth-order valence-electron chi connectivity index (χ4n) is 1.70. The highest BCUT2D eigenvalue weighted by Gasteiger charge is 2.15. The summed E-state index contributed by atoms with van der Waals surface area (Å²) in [6.07, 6.45) is 0. The Labute approximate surface area is 121 Å². The van der Waals surface area contributed by atoms with Gasteiger partial charge in [-0.25, -0.2) is 8.42 Å². The molecule has 6 heteroatoms. The molecule has 1 aromatic carbocycles. The van der Waals surface area contributed by atoms with E-state index in [0.717, 1.165) is 12.1 Å². The molecule has 0 aliphatic heterocycles. The first-order valence-corrected chi connectivity index (χ1v) is 8.43. The molecule has 1 aromatic rings. The third-order valence-electron chi connectivity index (χ3n) is 3.08. The van der Waals surface area contributed by atoms with E-state index in [1.54, 1.807) is 24.3 Å². The highest BCUT2D eigenvalue weighted by Crippen LogP contribution is 2.12. The Bertz CT molecular complexity index is 486. The second kappa shape index (κ2) is 8.36. The zero-order chi connectivity index (χ0) is 15.0. The van der Waals surface area contributed by atoms with E-state index in [0.29, 0.717) is 31.2 Å². The Hall–Kier alpha value is -0.950. The Morgan fingerprint density at radius 3 is 2.40 bits per heavy atom. The van der Waals surface area contributed by atoms with Gasteiger partial charge >= 0.3 is 0 Å². The van der Waals surface area contributed by atoms with Crippen molar-refractivity contribution in [3.8, 4) is 0 Å². The number of nitrogens with zero attached hydrogens (tertiary/aromatic N) is 1. The largest absolute Gasteiger partial charge is 0.380 e. The fourth-order valence-corrected chi connectivity index (χ4v) is 3.04. The predicted octanol–water partition coefficient (Wildman–Crippen LogP) is 0.887. The maximum absolute atomic E-state index is 12.2. The molecule has 114 valence electrons. The number of hydrogen-bond donors (Lipinski definition) is 1. The van der Waals surface area contributed by atoms with Gasteiger partial charge in [0.15, 0.2) is 9.84 Å². The summed E-state index contributed by atoms with van der Waals surface area (Å²) in [5.41, 5.74) is 6.43. The van der Waals surface area contributed by atoms with Crippen molar-refractivity contribution in [1.29, 1.82) is 0 Å². The van der Waals surface area contributed by atoms with E-state index >= 15 is 0 Å². The van der Waals surface area contributed by atoms with Crippen LogP contribution in [0.25, 0.3) is 0 Å². The van der Waals surface area contributed by atoms with Gasteiger partial charge in [-0.3, -0.25) is 0 Å². The molecule has 5 nitrogen and oxygen atoms in total. The molecule has 0 heterocycles. The van der Waals surface area contributed by atoms with Gasteiger partial charge in [-0.2, -0.15) is 0 Å². The van der Waals surface area contributed by atoms with Gasteiger partial charge < -0.3 is 15.4 Å². The number of ether oxygens (including phenoxy) is 1. The zero-order valence-corrected chi connectivity index (χ0v) is 13.0. The Kier molecular flexibility index (Phi) is 7.15. The Morgan fingerprint density at radius 2 is 1.85 bits per heavy atom. The standard InChI is InChI=1S/C14H24N2O3S/c1-3-19-10-8-16(2)9-11-20(17,18)14-6-4-13(12-15)5-7-14/h4-7H,3,8-12,15H2,1-2H3. The molecule has 1 rings (SSSR count). The van der Waals surface area contributed by atoms with E-state index in [4.69, 9.17) is 10.5 Å². The van der Waals surface area contributed by atoms with Gasteiger partial charge in [0, 0.05) is 26.2 Å². The van der Waals surface area contributed by atoms with Crippen LogP contribution in [-0.2, 0) is 21.1 Å². The van der Waals surface area contributed by atoms with Crippen molar-refractivity contribution in [2.24, 2.45) is 5.73 Å². The number of rotatable bonds is 9. The molecule has 0 atom stereocenters. The van der Waals surface area contributed by atoms with Crippen LogP contribution >= 0.6 is 0 Å². The van der Waals surface area contributed by atoms with Crippen LogP contribution in [0.15, 0.2) is 29.2 Å². The van der Waals surface area contributed by atoms with E-state index in [9.17, 15) is 8.42 Å². The Balaban J connectivity index is 2.52. The van der Waals surface area contributed by atoms with E-state index in [1.807, 2.05) is 18.9 Å². The molecule has 0 radical (unpaired) electrons. The van der Waals surface area contributed by atoms with Crippen LogP contribution < -0.4 is 5.73 Å². The van der Waals surface area contributed by atoms with Crippen LogP contribution in [-0.4, -0.2) is 52.4 Å². The molecule has 0 bridgehead atoms. The van der Waals surface area contributed by atoms with Gasteiger partial charge in [-0.15, -0.1) is 0 Å². The molecule has 0 saturated heterocycles. The lowest BCUT2D eigenvalue weighted by atomic mass is 10.2.